The maximum Gasteiger partial charge on any atom is 0.248 e. The third-order valence-electron chi connectivity index (χ3n) is 4.84. The van der Waals surface area contributed by atoms with Crippen LogP contribution < -0.4 is 21.1 Å². The SMILES string of the molecule is Cc1cc(N2CCCC2)nc(SCC(=O)NNC(=S)NC2CCCCC2)n1. The van der Waals surface area contributed by atoms with Crippen LogP contribution in [0.2, 0.25) is 0 Å². The molecule has 2 heterocycles. The average Bonchev–Trinajstić information content (AvgIpc) is 3.20. The van der Waals surface area contributed by atoms with Gasteiger partial charge in [0.2, 0.25) is 5.91 Å². The standard InChI is InChI=1S/C18H28N6OS2/c1-13-11-15(24-9-5-6-10-24)21-18(19-13)27-12-16(25)22-23-17(26)20-14-7-3-2-4-8-14/h11,14H,2-10,12H2,1H3,(H,22,25)(H2,20,23,26). The summed E-state index contributed by atoms with van der Waals surface area (Å²) in [7, 11) is 0. The molecule has 1 amide bonds. The summed E-state index contributed by atoms with van der Waals surface area (Å²) >= 11 is 6.59. The number of nitrogens with zero attached hydrogens (tertiary/aromatic N) is 3. The number of aryl methyl sites for hydroxylation is 1. The number of amides is 1. The van der Waals surface area contributed by atoms with Gasteiger partial charge in [0.05, 0.1) is 5.75 Å². The number of thioether (sulfide) groups is 1. The Bertz CT molecular complexity index is 659. The van der Waals surface area contributed by atoms with Gasteiger partial charge in [0.25, 0.3) is 0 Å². The molecule has 0 bridgehead atoms. The predicted molar refractivity (Wildman–Crippen MR) is 113 cm³/mol. The van der Waals surface area contributed by atoms with Crippen LogP contribution in [0.25, 0.3) is 0 Å². The van der Waals surface area contributed by atoms with E-state index in [0.717, 1.165) is 37.4 Å². The largest absolute Gasteiger partial charge is 0.359 e. The molecule has 0 aromatic carbocycles. The number of aromatic nitrogens is 2. The average molecular weight is 409 g/mol. The van der Waals surface area contributed by atoms with E-state index < -0.39 is 0 Å². The van der Waals surface area contributed by atoms with Crippen LogP contribution in [-0.2, 0) is 4.79 Å². The number of thiocarbonyl (C=S) groups is 1. The van der Waals surface area contributed by atoms with Crippen LogP contribution in [0, 0.1) is 6.92 Å². The summed E-state index contributed by atoms with van der Waals surface area (Å²) < 4.78 is 0. The molecule has 1 saturated heterocycles. The first kappa shape index (κ1) is 20.1. The maximum absolute atomic E-state index is 12.1. The molecule has 1 aromatic rings. The van der Waals surface area contributed by atoms with Crippen molar-refractivity contribution in [2.75, 3.05) is 23.7 Å². The number of anilines is 1. The number of carbonyl (C=O) groups excluding carboxylic acids is 1. The third-order valence-corrected chi connectivity index (χ3v) is 5.91. The molecule has 7 nitrogen and oxygen atoms in total. The van der Waals surface area contributed by atoms with Gasteiger partial charge in [-0.3, -0.25) is 15.6 Å². The molecule has 0 spiro atoms. The second kappa shape index (κ2) is 10.1. The Morgan fingerprint density at radius 2 is 1.93 bits per heavy atom. The molecular formula is C18H28N6OS2. The van der Waals surface area contributed by atoms with E-state index in [1.165, 1.54) is 43.9 Å². The molecule has 1 aliphatic carbocycles. The van der Waals surface area contributed by atoms with E-state index in [1.807, 2.05) is 13.0 Å². The summed E-state index contributed by atoms with van der Waals surface area (Å²) in [4.78, 5) is 23.4. The normalized spacial score (nSPS) is 17.6. The fraction of sp³-hybridized carbons (Fsp3) is 0.667. The molecule has 148 valence electrons. The van der Waals surface area contributed by atoms with Gasteiger partial charge >= 0.3 is 0 Å². The Morgan fingerprint density at radius 1 is 1.19 bits per heavy atom. The first-order valence-electron chi connectivity index (χ1n) is 9.69. The van der Waals surface area contributed by atoms with E-state index in [9.17, 15) is 4.79 Å². The van der Waals surface area contributed by atoms with Crippen LogP contribution in [0.5, 0.6) is 0 Å². The summed E-state index contributed by atoms with van der Waals surface area (Å²) in [5.74, 6) is 1.04. The van der Waals surface area contributed by atoms with Crippen molar-refractivity contribution in [1.82, 2.24) is 26.1 Å². The number of hydrogen-bond donors (Lipinski definition) is 3. The summed E-state index contributed by atoms with van der Waals surface area (Å²) in [6.45, 7) is 4.04. The van der Waals surface area contributed by atoms with Crippen LogP contribution in [-0.4, -0.2) is 45.9 Å². The summed E-state index contributed by atoms with van der Waals surface area (Å²) in [5.41, 5.74) is 6.36. The van der Waals surface area contributed by atoms with Gasteiger partial charge in [-0.05, 0) is 44.8 Å². The van der Waals surface area contributed by atoms with Crippen molar-refractivity contribution in [3.05, 3.63) is 11.8 Å². The van der Waals surface area contributed by atoms with Crippen molar-refractivity contribution in [2.24, 2.45) is 0 Å². The highest BCUT2D eigenvalue weighted by Crippen LogP contribution is 2.22. The second-order valence-corrected chi connectivity index (χ2v) is 8.47. The zero-order chi connectivity index (χ0) is 19.1. The molecule has 1 aliphatic heterocycles. The lowest BCUT2D eigenvalue weighted by Gasteiger charge is -2.24. The lowest BCUT2D eigenvalue weighted by Crippen LogP contribution is -2.50. The Hall–Kier alpha value is -1.61. The van der Waals surface area contributed by atoms with E-state index in [1.54, 1.807) is 0 Å². The molecule has 0 atom stereocenters. The molecule has 3 N–H and O–H groups in total. The molecular weight excluding hydrogens is 380 g/mol. The van der Waals surface area contributed by atoms with Crippen LogP contribution in [0.15, 0.2) is 11.2 Å². The van der Waals surface area contributed by atoms with Crippen molar-refractivity contribution >= 4 is 40.8 Å². The van der Waals surface area contributed by atoms with Crippen LogP contribution in [0.4, 0.5) is 5.82 Å². The zero-order valence-corrected chi connectivity index (χ0v) is 17.4. The molecule has 2 fully saturated rings. The van der Waals surface area contributed by atoms with Crippen molar-refractivity contribution in [3.63, 3.8) is 0 Å². The fourth-order valence-corrected chi connectivity index (χ4v) is 4.38. The van der Waals surface area contributed by atoms with Crippen LogP contribution in [0.3, 0.4) is 0 Å². The first-order valence-corrected chi connectivity index (χ1v) is 11.1. The quantitative estimate of drug-likeness (QED) is 0.296. The van der Waals surface area contributed by atoms with Crippen LogP contribution in [0.1, 0.15) is 50.6 Å². The van der Waals surface area contributed by atoms with Crippen LogP contribution >= 0.6 is 24.0 Å². The molecule has 0 unspecified atom stereocenters. The second-order valence-electron chi connectivity index (χ2n) is 7.11. The monoisotopic (exact) mass is 408 g/mol. The minimum Gasteiger partial charge on any atom is -0.359 e. The topological polar surface area (TPSA) is 82.2 Å². The predicted octanol–water partition coefficient (Wildman–Crippen LogP) is 2.31. The first-order chi connectivity index (χ1) is 13.1. The van der Waals surface area contributed by atoms with Crippen molar-refractivity contribution in [2.45, 2.75) is 63.1 Å². The highest BCUT2D eigenvalue weighted by Gasteiger charge is 2.16. The molecule has 2 aliphatic rings. The van der Waals surface area contributed by atoms with Gasteiger partial charge < -0.3 is 10.2 Å². The minimum atomic E-state index is -0.152. The van der Waals surface area contributed by atoms with Gasteiger partial charge in [0.1, 0.15) is 5.82 Å². The van der Waals surface area contributed by atoms with Crippen molar-refractivity contribution in [1.29, 1.82) is 0 Å². The van der Waals surface area contributed by atoms with Crippen molar-refractivity contribution in [3.8, 4) is 0 Å². The number of rotatable bonds is 5. The lowest BCUT2D eigenvalue weighted by atomic mass is 9.96. The van der Waals surface area contributed by atoms with E-state index in [4.69, 9.17) is 12.2 Å². The summed E-state index contributed by atoms with van der Waals surface area (Å²) in [6, 6.07) is 2.42. The molecule has 1 saturated carbocycles. The lowest BCUT2D eigenvalue weighted by molar-refractivity contribution is -0.119. The van der Waals surface area contributed by atoms with Crippen molar-refractivity contribution < 1.29 is 4.79 Å². The Kier molecular flexibility index (Phi) is 7.51. The highest BCUT2D eigenvalue weighted by atomic mass is 32.2. The van der Waals surface area contributed by atoms with Gasteiger partial charge in [-0.15, -0.1) is 0 Å². The van der Waals surface area contributed by atoms with Gasteiger partial charge in [-0.1, -0.05) is 31.0 Å². The van der Waals surface area contributed by atoms with E-state index in [2.05, 4.69) is 31.0 Å². The molecule has 3 rings (SSSR count). The van der Waals surface area contributed by atoms with E-state index >= 15 is 0 Å². The smallest absolute Gasteiger partial charge is 0.248 e. The van der Waals surface area contributed by atoms with Gasteiger partial charge in [0, 0.05) is 30.9 Å². The van der Waals surface area contributed by atoms with E-state index in [-0.39, 0.29) is 11.7 Å². The third kappa shape index (κ3) is 6.49. The minimum absolute atomic E-state index is 0.152. The number of hydrogen-bond acceptors (Lipinski definition) is 6. The van der Waals surface area contributed by atoms with Gasteiger partial charge in [-0.2, -0.15) is 0 Å². The number of carbonyl (C=O) groups is 1. The van der Waals surface area contributed by atoms with E-state index in [0.29, 0.717) is 16.3 Å². The Labute approximate surface area is 170 Å². The Morgan fingerprint density at radius 3 is 2.67 bits per heavy atom. The fourth-order valence-electron chi connectivity index (χ4n) is 3.46. The summed E-state index contributed by atoms with van der Waals surface area (Å²) in [5, 5.41) is 4.37. The highest BCUT2D eigenvalue weighted by molar-refractivity contribution is 7.99. The number of nitrogens with one attached hydrogen (secondary N) is 3. The molecule has 0 radical (unpaired) electrons. The molecule has 1 aromatic heterocycles. The molecule has 27 heavy (non-hydrogen) atoms. The Balaban J connectivity index is 1.41. The van der Waals surface area contributed by atoms with Gasteiger partial charge in [-0.25, -0.2) is 9.97 Å². The van der Waals surface area contributed by atoms with Gasteiger partial charge in [0.15, 0.2) is 10.3 Å². The zero-order valence-electron chi connectivity index (χ0n) is 15.8. The summed E-state index contributed by atoms with van der Waals surface area (Å²) in [6.07, 6.45) is 8.44. The molecule has 9 heteroatoms. The number of hydrazine groups is 1. The maximum atomic E-state index is 12.1.